The summed E-state index contributed by atoms with van der Waals surface area (Å²) in [6.45, 7) is 21.6. The number of nitrogens with zero attached hydrogens (tertiary/aromatic N) is 5. The van der Waals surface area contributed by atoms with Crippen LogP contribution < -0.4 is 11.5 Å². The summed E-state index contributed by atoms with van der Waals surface area (Å²) in [6.07, 6.45) is 1.21. The van der Waals surface area contributed by atoms with Gasteiger partial charge in [0.1, 0.15) is 9.50 Å². The average molecular weight is 792 g/mol. The van der Waals surface area contributed by atoms with Gasteiger partial charge >= 0.3 is 24.8 Å². The minimum absolute atomic E-state index is 0.00203. The number of hydrogen-bond acceptors (Lipinski definition) is 12. The predicted molar refractivity (Wildman–Crippen MR) is 200 cm³/mol. The number of carbonyl (C=O) groups excluding carboxylic acids is 2. The number of thiol groups is 1. The van der Waals surface area contributed by atoms with Crippen LogP contribution in [0.15, 0.2) is 37.0 Å². The van der Waals surface area contributed by atoms with Crippen LogP contribution in [0.2, 0.25) is 0 Å². The summed E-state index contributed by atoms with van der Waals surface area (Å²) >= 11 is 6.35. The van der Waals surface area contributed by atoms with E-state index in [0.717, 1.165) is 0 Å². The first-order valence-electron chi connectivity index (χ1n) is 15.2. The molecule has 0 aliphatic heterocycles. The Bertz CT molecular complexity index is 1640. The minimum atomic E-state index is -3.54. The third-order valence-electron chi connectivity index (χ3n) is 6.84. The van der Waals surface area contributed by atoms with E-state index < -0.39 is 30.2 Å². The number of sulfone groups is 2. The van der Waals surface area contributed by atoms with Crippen molar-refractivity contribution >= 4 is 79.2 Å². The van der Waals surface area contributed by atoms with Crippen molar-refractivity contribution in [1.29, 1.82) is 0 Å². The average Bonchev–Trinajstić information content (AvgIpc) is 2.93. The molecular formula is C30H50BBrN7O6S3. The van der Waals surface area contributed by atoms with E-state index in [0.29, 0.717) is 0 Å². The van der Waals surface area contributed by atoms with E-state index in [4.69, 9.17) is 11.5 Å². The van der Waals surface area contributed by atoms with Gasteiger partial charge in [-0.25, -0.2) is 26.8 Å². The first-order chi connectivity index (χ1) is 21.8. The molecule has 0 bridgehead atoms. The summed E-state index contributed by atoms with van der Waals surface area (Å²) in [7, 11) is -2.67. The van der Waals surface area contributed by atoms with E-state index in [1.165, 1.54) is 18.3 Å². The van der Waals surface area contributed by atoms with Crippen LogP contribution in [0.25, 0.3) is 0 Å². The Morgan fingerprint density at radius 1 is 0.750 bits per heavy atom. The molecule has 0 aromatic carbocycles. The Morgan fingerprint density at radius 2 is 1.10 bits per heavy atom. The Hall–Kier alpha value is -2.57. The summed E-state index contributed by atoms with van der Waals surface area (Å²) in [6, 6.07) is 2.55. The van der Waals surface area contributed by atoms with Gasteiger partial charge in [0.05, 0.1) is 26.8 Å². The van der Waals surface area contributed by atoms with Crippen molar-refractivity contribution in [2.24, 2.45) is 4.30 Å². The number of rotatable bonds is 10. The molecule has 0 atom stereocenters. The van der Waals surface area contributed by atoms with Crippen molar-refractivity contribution in [3.8, 4) is 0 Å². The number of nitrogens with two attached hydrogens (primary N) is 2. The van der Waals surface area contributed by atoms with Gasteiger partial charge < -0.3 is 21.3 Å². The number of anilines is 2. The Labute approximate surface area is 301 Å². The molecule has 2 heterocycles. The van der Waals surface area contributed by atoms with E-state index in [9.17, 15) is 26.4 Å². The third-order valence-corrected chi connectivity index (χ3v) is 12.0. The van der Waals surface area contributed by atoms with E-state index in [1.54, 1.807) is 37.5 Å². The fourth-order valence-corrected chi connectivity index (χ4v) is 7.64. The van der Waals surface area contributed by atoms with Crippen LogP contribution in [0.5, 0.6) is 0 Å². The third kappa shape index (κ3) is 11.5. The Kier molecular flexibility index (Phi) is 18.0. The topological polar surface area (TPSA) is 199 Å². The molecule has 0 aliphatic rings. The number of pyridine rings is 2. The van der Waals surface area contributed by atoms with Gasteiger partial charge in [-0.1, -0.05) is 0 Å². The second-order valence-corrected chi connectivity index (χ2v) is 18.4. The van der Waals surface area contributed by atoms with Gasteiger partial charge in [-0.05, 0) is 111 Å². The molecule has 4 N–H and O–H groups in total. The van der Waals surface area contributed by atoms with Crippen molar-refractivity contribution in [1.82, 2.24) is 19.8 Å². The summed E-state index contributed by atoms with van der Waals surface area (Å²) in [5.74, 6) is -0.613. The molecule has 0 saturated carbocycles. The van der Waals surface area contributed by atoms with Gasteiger partial charge in [0, 0.05) is 30.4 Å². The number of nitrogen functional groups attached to an aromatic ring is 2. The maximum absolute atomic E-state index is 12.7. The van der Waals surface area contributed by atoms with E-state index >= 15 is 0 Å². The number of carbonyl (C=O) groups is 2. The number of hydrogen-bond donors (Lipinski definition) is 3. The zero-order valence-electron chi connectivity index (χ0n) is 29.8. The summed E-state index contributed by atoms with van der Waals surface area (Å²) in [5.41, 5.74) is 12.1. The SMILES string of the molecule is CC(C)N(C(=O)c1nc(Br)c(S(=O)(=O)C(C)C)cc1N)C(C)C.CC(C)N(C(=O)c1ncc(S(=O)(=O)C(C)C)cc1N)C(C)C.[B]=NS. The Balaban J connectivity index is 0.000000851. The van der Waals surface area contributed by atoms with E-state index in [1.807, 2.05) is 55.4 Å². The first-order valence-corrected chi connectivity index (χ1v) is 19.5. The molecule has 0 spiro atoms. The maximum atomic E-state index is 12.7. The normalized spacial score (nSPS) is 11.7. The van der Waals surface area contributed by atoms with Crippen LogP contribution in [-0.4, -0.2) is 90.7 Å². The standard InChI is InChI=1S/C15H24BrN3O3S.C15H25N3O3S.BHNS/c1-8(2)19(9(3)4)15(20)13-11(17)7-12(14(16)18-13)23(21,22)10(5)6;1-9(2)18(10(3)4)15(19)14-13(16)7-12(8-17-14)22(20,21)11(5)6;1-2-3/h7-10H,17H2,1-6H3;7-11H,16H2,1-6H3;3H. The fraction of sp³-hybridized carbons (Fsp3) is 0.600. The van der Waals surface area contributed by atoms with Crippen molar-refractivity contribution in [2.75, 3.05) is 11.5 Å². The van der Waals surface area contributed by atoms with Crippen molar-refractivity contribution in [2.45, 2.75) is 128 Å². The molecule has 0 saturated heterocycles. The fourth-order valence-electron chi connectivity index (χ4n) is 4.55. The molecule has 48 heavy (non-hydrogen) atoms. The first kappa shape index (κ1) is 45.4. The van der Waals surface area contributed by atoms with Crippen LogP contribution in [-0.2, 0) is 19.7 Å². The molecule has 0 unspecified atom stereocenters. The summed E-state index contributed by atoms with van der Waals surface area (Å²) < 4.78 is 51.7. The quantitative estimate of drug-likeness (QED) is 0.164. The zero-order valence-corrected chi connectivity index (χ0v) is 33.9. The molecular weight excluding hydrogens is 741 g/mol. The molecule has 0 aliphatic carbocycles. The molecule has 2 aromatic heterocycles. The van der Waals surface area contributed by atoms with Crippen molar-refractivity contribution < 1.29 is 26.4 Å². The Morgan fingerprint density at radius 3 is 1.44 bits per heavy atom. The van der Waals surface area contributed by atoms with Crippen molar-refractivity contribution in [3.05, 3.63) is 34.3 Å². The number of amides is 2. The van der Waals surface area contributed by atoms with Gasteiger partial charge in [0.25, 0.3) is 11.8 Å². The van der Waals surface area contributed by atoms with Crippen LogP contribution in [0.1, 0.15) is 104 Å². The van der Waals surface area contributed by atoms with Crippen LogP contribution >= 0.6 is 28.7 Å². The van der Waals surface area contributed by atoms with Gasteiger partial charge in [0.15, 0.2) is 31.1 Å². The van der Waals surface area contributed by atoms with Gasteiger partial charge in [-0.3, -0.25) is 9.59 Å². The van der Waals surface area contributed by atoms with Gasteiger partial charge in [0.2, 0.25) is 0 Å². The number of aromatic nitrogens is 2. The van der Waals surface area contributed by atoms with Gasteiger partial charge in [-0.15, -0.1) is 0 Å². The second kappa shape index (κ2) is 19.0. The zero-order chi connectivity index (χ0) is 38.1. The van der Waals surface area contributed by atoms with E-state index in [2.05, 4.69) is 50.7 Å². The molecule has 269 valence electrons. The molecule has 0 fully saturated rings. The monoisotopic (exact) mass is 790 g/mol. The summed E-state index contributed by atoms with van der Waals surface area (Å²) in [4.78, 5) is 36.8. The van der Waals surface area contributed by atoms with E-state index in [-0.39, 0.29) is 73.1 Å². The molecule has 13 nitrogen and oxygen atoms in total. The molecule has 2 aromatic rings. The molecule has 18 heteroatoms. The number of halogens is 1. The molecule has 1 radical (unpaired) electrons. The molecule has 2 amide bonds. The molecule has 2 rings (SSSR count). The summed E-state index contributed by atoms with van der Waals surface area (Å²) in [5, 5.41) is -1.18. The van der Waals surface area contributed by atoms with Gasteiger partial charge in [-0.2, -0.15) is 0 Å². The van der Waals surface area contributed by atoms with Crippen LogP contribution in [0.4, 0.5) is 11.4 Å². The van der Waals surface area contributed by atoms with Crippen molar-refractivity contribution in [3.63, 3.8) is 0 Å². The van der Waals surface area contributed by atoms with Crippen LogP contribution in [0, 0.1) is 0 Å². The predicted octanol–water partition coefficient (Wildman–Crippen LogP) is 5.16. The second-order valence-electron chi connectivity index (χ2n) is 12.4. The van der Waals surface area contributed by atoms with Crippen LogP contribution in [0.3, 0.4) is 0 Å².